The van der Waals surface area contributed by atoms with Crippen LogP contribution in [0.5, 0.6) is 0 Å². The molecule has 0 bridgehead atoms. The van der Waals surface area contributed by atoms with Gasteiger partial charge in [0.15, 0.2) is 0 Å². The molecular formula is C12H21NO. The highest BCUT2D eigenvalue weighted by Crippen LogP contribution is 2.37. The van der Waals surface area contributed by atoms with Crippen LogP contribution in [0.2, 0.25) is 0 Å². The Morgan fingerprint density at radius 2 is 1.93 bits per heavy atom. The SMILES string of the molecule is CC(C)N1CCC2CCCCC2C1=O. The van der Waals surface area contributed by atoms with Crippen molar-refractivity contribution in [3.8, 4) is 0 Å². The molecule has 2 unspecified atom stereocenters. The number of hydrogen-bond donors (Lipinski definition) is 0. The number of amides is 1. The molecule has 2 atom stereocenters. The summed E-state index contributed by atoms with van der Waals surface area (Å²) < 4.78 is 0. The molecule has 2 heteroatoms. The maximum absolute atomic E-state index is 12.1. The van der Waals surface area contributed by atoms with Gasteiger partial charge in [-0.25, -0.2) is 0 Å². The largest absolute Gasteiger partial charge is 0.340 e. The van der Waals surface area contributed by atoms with E-state index in [1.807, 2.05) is 0 Å². The van der Waals surface area contributed by atoms with Gasteiger partial charge in [-0.2, -0.15) is 0 Å². The van der Waals surface area contributed by atoms with Crippen LogP contribution >= 0.6 is 0 Å². The summed E-state index contributed by atoms with van der Waals surface area (Å²) in [4.78, 5) is 14.2. The van der Waals surface area contributed by atoms with Crippen molar-refractivity contribution in [1.29, 1.82) is 0 Å². The van der Waals surface area contributed by atoms with E-state index >= 15 is 0 Å². The average Bonchev–Trinajstić information content (AvgIpc) is 2.18. The van der Waals surface area contributed by atoms with Crippen molar-refractivity contribution in [3.05, 3.63) is 0 Å². The van der Waals surface area contributed by atoms with Crippen molar-refractivity contribution in [2.24, 2.45) is 11.8 Å². The molecule has 0 aromatic carbocycles. The van der Waals surface area contributed by atoms with Crippen molar-refractivity contribution in [1.82, 2.24) is 4.90 Å². The lowest BCUT2D eigenvalue weighted by Crippen LogP contribution is -2.49. The fourth-order valence-electron chi connectivity index (χ4n) is 3.02. The third-order valence-corrected chi connectivity index (χ3v) is 3.87. The lowest BCUT2D eigenvalue weighted by Gasteiger charge is -2.42. The number of likely N-dealkylation sites (tertiary alicyclic amines) is 1. The molecule has 1 heterocycles. The summed E-state index contributed by atoms with van der Waals surface area (Å²) in [6, 6.07) is 0.394. The van der Waals surface area contributed by atoms with Gasteiger partial charge in [0, 0.05) is 18.5 Å². The molecule has 2 rings (SSSR count). The average molecular weight is 195 g/mol. The summed E-state index contributed by atoms with van der Waals surface area (Å²) >= 11 is 0. The highest BCUT2D eigenvalue weighted by molar-refractivity contribution is 5.80. The van der Waals surface area contributed by atoms with E-state index in [0.29, 0.717) is 23.8 Å². The summed E-state index contributed by atoms with van der Waals surface area (Å²) in [6.45, 7) is 5.25. The minimum atomic E-state index is 0.375. The predicted molar refractivity (Wildman–Crippen MR) is 56.9 cm³/mol. The molecule has 2 nitrogen and oxygen atoms in total. The second-order valence-corrected chi connectivity index (χ2v) is 5.07. The van der Waals surface area contributed by atoms with E-state index in [-0.39, 0.29) is 0 Å². The van der Waals surface area contributed by atoms with Crippen LogP contribution in [0.3, 0.4) is 0 Å². The Hall–Kier alpha value is -0.530. The van der Waals surface area contributed by atoms with Gasteiger partial charge in [-0.05, 0) is 39.0 Å². The Kier molecular flexibility index (Phi) is 2.80. The number of rotatable bonds is 1. The maximum Gasteiger partial charge on any atom is 0.226 e. The van der Waals surface area contributed by atoms with Crippen LogP contribution in [0.4, 0.5) is 0 Å². The van der Waals surface area contributed by atoms with Crippen LogP contribution in [-0.4, -0.2) is 23.4 Å². The van der Waals surface area contributed by atoms with E-state index in [1.165, 1.54) is 25.7 Å². The van der Waals surface area contributed by atoms with Crippen LogP contribution in [-0.2, 0) is 4.79 Å². The lowest BCUT2D eigenvalue weighted by molar-refractivity contribution is -0.144. The number of carbonyl (C=O) groups excluding carboxylic acids is 1. The molecular weight excluding hydrogens is 174 g/mol. The number of nitrogens with zero attached hydrogens (tertiary/aromatic N) is 1. The van der Waals surface area contributed by atoms with Crippen molar-refractivity contribution in [2.45, 2.75) is 52.0 Å². The van der Waals surface area contributed by atoms with Crippen molar-refractivity contribution in [3.63, 3.8) is 0 Å². The van der Waals surface area contributed by atoms with Crippen LogP contribution in [0, 0.1) is 11.8 Å². The van der Waals surface area contributed by atoms with Crippen LogP contribution in [0.1, 0.15) is 46.0 Å². The highest BCUT2D eigenvalue weighted by Gasteiger charge is 2.38. The van der Waals surface area contributed by atoms with Gasteiger partial charge >= 0.3 is 0 Å². The lowest BCUT2D eigenvalue weighted by atomic mass is 9.74. The fourth-order valence-corrected chi connectivity index (χ4v) is 3.02. The third-order valence-electron chi connectivity index (χ3n) is 3.87. The third kappa shape index (κ3) is 1.67. The van der Waals surface area contributed by atoms with Gasteiger partial charge in [-0.1, -0.05) is 12.8 Å². The van der Waals surface area contributed by atoms with Gasteiger partial charge in [0.1, 0.15) is 0 Å². The van der Waals surface area contributed by atoms with Gasteiger partial charge < -0.3 is 4.90 Å². The molecule has 1 amide bonds. The van der Waals surface area contributed by atoms with Crippen LogP contribution < -0.4 is 0 Å². The second-order valence-electron chi connectivity index (χ2n) is 5.07. The standard InChI is InChI=1S/C12H21NO/c1-9(2)13-8-7-10-5-3-4-6-11(10)12(13)14/h9-11H,3-8H2,1-2H3. The molecule has 0 aromatic rings. The molecule has 1 saturated carbocycles. The molecule has 1 saturated heterocycles. The van der Waals surface area contributed by atoms with E-state index in [4.69, 9.17) is 0 Å². The van der Waals surface area contributed by atoms with Gasteiger partial charge in [-0.15, -0.1) is 0 Å². The molecule has 0 aromatic heterocycles. The zero-order chi connectivity index (χ0) is 10.1. The van der Waals surface area contributed by atoms with Gasteiger partial charge in [0.05, 0.1) is 0 Å². The summed E-state index contributed by atoms with van der Waals surface area (Å²) in [7, 11) is 0. The maximum atomic E-state index is 12.1. The zero-order valence-corrected chi connectivity index (χ0v) is 9.33. The minimum Gasteiger partial charge on any atom is -0.340 e. The highest BCUT2D eigenvalue weighted by atomic mass is 16.2. The van der Waals surface area contributed by atoms with E-state index in [0.717, 1.165) is 13.0 Å². The quantitative estimate of drug-likeness (QED) is 0.629. The molecule has 0 spiro atoms. The predicted octanol–water partition coefficient (Wildman–Crippen LogP) is 2.43. The van der Waals surface area contributed by atoms with Crippen molar-refractivity contribution >= 4 is 5.91 Å². The topological polar surface area (TPSA) is 20.3 Å². The minimum absolute atomic E-state index is 0.375. The van der Waals surface area contributed by atoms with Gasteiger partial charge in [0.2, 0.25) is 5.91 Å². The Morgan fingerprint density at radius 1 is 1.21 bits per heavy atom. The molecule has 0 N–H and O–H groups in total. The first kappa shape index (κ1) is 10.0. The molecule has 1 aliphatic carbocycles. The molecule has 14 heavy (non-hydrogen) atoms. The van der Waals surface area contributed by atoms with Gasteiger partial charge in [0.25, 0.3) is 0 Å². The summed E-state index contributed by atoms with van der Waals surface area (Å²) in [5.74, 6) is 1.53. The second kappa shape index (κ2) is 3.92. The Labute approximate surface area is 86.7 Å². The van der Waals surface area contributed by atoms with E-state index in [2.05, 4.69) is 18.7 Å². The summed E-state index contributed by atoms with van der Waals surface area (Å²) in [5, 5.41) is 0. The molecule has 0 radical (unpaired) electrons. The van der Waals surface area contributed by atoms with Crippen LogP contribution in [0.25, 0.3) is 0 Å². The first-order valence-corrected chi connectivity index (χ1v) is 6.00. The number of hydrogen-bond acceptors (Lipinski definition) is 1. The Bertz CT molecular complexity index is 224. The Morgan fingerprint density at radius 3 is 2.64 bits per heavy atom. The Balaban J connectivity index is 2.07. The fraction of sp³-hybridized carbons (Fsp3) is 0.917. The number of fused-ring (bicyclic) bond motifs is 1. The monoisotopic (exact) mass is 195 g/mol. The summed E-state index contributed by atoms with van der Waals surface area (Å²) in [6.07, 6.45) is 6.29. The van der Waals surface area contributed by atoms with E-state index in [1.54, 1.807) is 0 Å². The smallest absolute Gasteiger partial charge is 0.226 e. The first-order chi connectivity index (χ1) is 6.70. The summed E-state index contributed by atoms with van der Waals surface area (Å²) in [5.41, 5.74) is 0. The van der Waals surface area contributed by atoms with E-state index in [9.17, 15) is 4.79 Å². The molecule has 1 aliphatic heterocycles. The molecule has 2 aliphatic rings. The zero-order valence-electron chi connectivity index (χ0n) is 9.33. The molecule has 80 valence electrons. The van der Waals surface area contributed by atoms with Crippen molar-refractivity contribution < 1.29 is 4.79 Å². The number of piperidine rings is 1. The van der Waals surface area contributed by atoms with Crippen molar-refractivity contribution in [2.75, 3.05) is 6.54 Å². The number of carbonyl (C=O) groups is 1. The van der Waals surface area contributed by atoms with E-state index < -0.39 is 0 Å². The van der Waals surface area contributed by atoms with Crippen LogP contribution in [0.15, 0.2) is 0 Å². The first-order valence-electron chi connectivity index (χ1n) is 6.00. The van der Waals surface area contributed by atoms with Gasteiger partial charge in [-0.3, -0.25) is 4.79 Å². The normalized spacial score (nSPS) is 33.4. The molecule has 2 fully saturated rings.